The van der Waals surface area contributed by atoms with E-state index >= 15 is 0 Å². The van der Waals surface area contributed by atoms with Crippen molar-refractivity contribution in [2.24, 2.45) is 0 Å². The van der Waals surface area contributed by atoms with Gasteiger partial charge in [0.05, 0.1) is 11.1 Å². The zero-order chi connectivity index (χ0) is 14.8. The molecule has 0 amide bonds. The van der Waals surface area contributed by atoms with E-state index < -0.39 is 11.7 Å². The van der Waals surface area contributed by atoms with E-state index in [-0.39, 0.29) is 10.2 Å². The van der Waals surface area contributed by atoms with Crippen molar-refractivity contribution in [3.8, 4) is 6.07 Å². The maximum Gasteiger partial charge on any atom is 0.417 e. The minimum Gasteiger partial charge on any atom is -0.340 e. The van der Waals surface area contributed by atoms with Crippen molar-refractivity contribution in [1.29, 1.82) is 5.26 Å². The summed E-state index contributed by atoms with van der Waals surface area (Å²) < 4.78 is 38.2. The van der Waals surface area contributed by atoms with Gasteiger partial charge in [-0.15, -0.1) is 0 Å². The van der Waals surface area contributed by atoms with Gasteiger partial charge < -0.3 is 5.32 Å². The first-order chi connectivity index (χ1) is 9.40. The third-order valence-corrected chi connectivity index (χ3v) is 3.13. The van der Waals surface area contributed by atoms with Gasteiger partial charge in [-0.3, -0.25) is 0 Å². The van der Waals surface area contributed by atoms with Crippen LogP contribution in [0.15, 0.2) is 41.0 Å². The normalized spacial score (nSPS) is 10.9. The first-order valence-corrected chi connectivity index (χ1v) is 6.19. The lowest BCUT2D eigenvalue weighted by Gasteiger charge is -2.12. The van der Waals surface area contributed by atoms with E-state index in [0.717, 1.165) is 6.07 Å². The molecule has 0 spiro atoms. The summed E-state index contributed by atoms with van der Waals surface area (Å²) in [6, 6.07) is 8.76. The summed E-state index contributed by atoms with van der Waals surface area (Å²) >= 11 is 2.87. The van der Waals surface area contributed by atoms with E-state index in [1.807, 2.05) is 6.07 Å². The van der Waals surface area contributed by atoms with Crippen LogP contribution in [0.2, 0.25) is 0 Å². The number of aromatic nitrogens is 1. The van der Waals surface area contributed by atoms with Crippen LogP contribution in [-0.2, 0) is 6.18 Å². The highest BCUT2D eigenvalue weighted by molar-refractivity contribution is 9.10. The van der Waals surface area contributed by atoms with E-state index in [4.69, 9.17) is 5.26 Å². The molecule has 0 fully saturated rings. The Hall–Kier alpha value is -2.07. The molecule has 3 nitrogen and oxygen atoms in total. The molecule has 0 aliphatic rings. The zero-order valence-electron chi connectivity index (χ0n) is 9.87. The molecule has 1 N–H and O–H groups in total. The highest BCUT2D eigenvalue weighted by atomic mass is 79.9. The van der Waals surface area contributed by atoms with Crippen molar-refractivity contribution in [2.75, 3.05) is 5.32 Å². The van der Waals surface area contributed by atoms with Crippen LogP contribution < -0.4 is 5.32 Å². The van der Waals surface area contributed by atoms with Gasteiger partial charge >= 0.3 is 6.18 Å². The monoisotopic (exact) mass is 341 g/mol. The molecular formula is C13H7BrF3N3. The van der Waals surface area contributed by atoms with Crippen LogP contribution >= 0.6 is 15.9 Å². The fourth-order valence-electron chi connectivity index (χ4n) is 1.50. The van der Waals surface area contributed by atoms with Crippen molar-refractivity contribution in [1.82, 2.24) is 4.98 Å². The van der Waals surface area contributed by atoms with Crippen molar-refractivity contribution in [2.45, 2.75) is 6.18 Å². The molecule has 0 saturated carbocycles. The maximum absolute atomic E-state index is 12.8. The van der Waals surface area contributed by atoms with Gasteiger partial charge in [-0.1, -0.05) is 15.9 Å². The quantitative estimate of drug-likeness (QED) is 0.876. The molecule has 0 atom stereocenters. The molecule has 2 rings (SSSR count). The molecule has 102 valence electrons. The third-order valence-electron chi connectivity index (χ3n) is 2.44. The van der Waals surface area contributed by atoms with Crippen molar-refractivity contribution < 1.29 is 13.2 Å². The van der Waals surface area contributed by atoms with Gasteiger partial charge in [0.2, 0.25) is 0 Å². The number of nitrogens with one attached hydrogen (secondary N) is 1. The lowest BCUT2D eigenvalue weighted by atomic mass is 10.2. The molecule has 20 heavy (non-hydrogen) atoms. The van der Waals surface area contributed by atoms with Gasteiger partial charge in [0.25, 0.3) is 0 Å². The van der Waals surface area contributed by atoms with Crippen LogP contribution in [0.5, 0.6) is 0 Å². The smallest absolute Gasteiger partial charge is 0.340 e. The van der Waals surface area contributed by atoms with Crippen LogP contribution in [0.25, 0.3) is 0 Å². The van der Waals surface area contributed by atoms with Crippen LogP contribution in [0.3, 0.4) is 0 Å². The Labute approximate surface area is 121 Å². The highest BCUT2D eigenvalue weighted by Gasteiger charge is 2.33. The maximum atomic E-state index is 12.8. The highest BCUT2D eigenvalue weighted by Crippen LogP contribution is 2.36. The molecule has 0 unspecified atom stereocenters. The summed E-state index contributed by atoms with van der Waals surface area (Å²) in [6.45, 7) is 0. The van der Waals surface area contributed by atoms with Crippen molar-refractivity contribution >= 4 is 27.4 Å². The van der Waals surface area contributed by atoms with Gasteiger partial charge in [-0.2, -0.15) is 18.4 Å². The topological polar surface area (TPSA) is 48.7 Å². The summed E-state index contributed by atoms with van der Waals surface area (Å²) in [7, 11) is 0. The van der Waals surface area contributed by atoms with Gasteiger partial charge in [-0.25, -0.2) is 4.98 Å². The largest absolute Gasteiger partial charge is 0.417 e. The Morgan fingerprint density at radius 2 is 1.95 bits per heavy atom. The van der Waals surface area contributed by atoms with Gasteiger partial charge in [0, 0.05) is 16.4 Å². The number of halogens is 4. The Kier molecular flexibility index (Phi) is 3.95. The van der Waals surface area contributed by atoms with E-state index in [9.17, 15) is 13.2 Å². The second-order valence-electron chi connectivity index (χ2n) is 3.86. The van der Waals surface area contributed by atoms with Crippen LogP contribution in [0, 0.1) is 11.3 Å². The summed E-state index contributed by atoms with van der Waals surface area (Å²) in [5.74, 6) is 0.361. The number of nitriles is 1. The lowest BCUT2D eigenvalue weighted by Crippen LogP contribution is -2.06. The Morgan fingerprint density at radius 3 is 2.50 bits per heavy atom. The fourth-order valence-corrected chi connectivity index (χ4v) is 1.97. The number of rotatable bonds is 2. The molecule has 0 bridgehead atoms. The number of anilines is 2. The molecule has 0 saturated heterocycles. The molecular weight excluding hydrogens is 335 g/mol. The number of benzene rings is 1. The number of pyridine rings is 1. The van der Waals surface area contributed by atoms with E-state index in [1.54, 1.807) is 0 Å². The predicted molar refractivity (Wildman–Crippen MR) is 71.4 cm³/mol. The molecule has 0 aliphatic heterocycles. The van der Waals surface area contributed by atoms with Gasteiger partial charge in [0.15, 0.2) is 0 Å². The van der Waals surface area contributed by atoms with Crippen LogP contribution in [0.1, 0.15) is 11.1 Å². The Balaban J connectivity index is 2.28. The molecule has 2 aromatic rings. The van der Waals surface area contributed by atoms with E-state index in [2.05, 4.69) is 26.2 Å². The first-order valence-electron chi connectivity index (χ1n) is 5.40. The van der Waals surface area contributed by atoms with Gasteiger partial charge in [-0.05, 0) is 30.3 Å². The van der Waals surface area contributed by atoms with Crippen molar-refractivity contribution in [3.63, 3.8) is 0 Å². The first kappa shape index (κ1) is 14.3. The summed E-state index contributed by atoms with van der Waals surface area (Å²) in [4.78, 5) is 3.93. The van der Waals surface area contributed by atoms with Gasteiger partial charge in [0.1, 0.15) is 11.9 Å². The number of nitrogens with zero attached hydrogens (tertiary/aromatic N) is 2. The number of alkyl halides is 3. The average Bonchev–Trinajstić information content (AvgIpc) is 2.40. The molecule has 1 aromatic heterocycles. The Bertz CT molecular complexity index is 660. The summed E-state index contributed by atoms with van der Waals surface area (Å²) in [6.07, 6.45) is -3.10. The molecule has 1 aromatic carbocycles. The Morgan fingerprint density at radius 1 is 1.20 bits per heavy atom. The number of hydrogen-bond acceptors (Lipinski definition) is 3. The molecule has 1 heterocycles. The summed E-state index contributed by atoms with van der Waals surface area (Å²) in [5.41, 5.74) is -0.129. The van der Waals surface area contributed by atoms with Crippen LogP contribution in [0.4, 0.5) is 24.7 Å². The average molecular weight is 342 g/mol. The summed E-state index contributed by atoms with van der Waals surface area (Å²) in [5, 5.41) is 11.4. The fraction of sp³-hybridized carbons (Fsp3) is 0.0769. The molecule has 7 heteroatoms. The second-order valence-corrected chi connectivity index (χ2v) is 4.72. The molecule has 0 aliphatic carbocycles. The third kappa shape index (κ3) is 3.27. The zero-order valence-corrected chi connectivity index (χ0v) is 11.5. The van der Waals surface area contributed by atoms with E-state index in [1.165, 1.54) is 30.5 Å². The van der Waals surface area contributed by atoms with Crippen molar-refractivity contribution in [3.05, 3.63) is 52.1 Å². The predicted octanol–water partition coefficient (Wildman–Crippen LogP) is 4.48. The SMILES string of the molecule is N#Cc1ccc(Nc2ccc(Br)c(C(F)(F)F)c2)nc1. The standard InChI is InChI=1S/C13H7BrF3N3/c14-11-3-2-9(5-10(11)13(15,16)17)20-12-4-1-8(6-18)7-19-12/h1-5,7H,(H,19,20). The molecule has 0 radical (unpaired) electrons. The lowest BCUT2D eigenvalue weighted by molar-refractivity contribution is -0.138. The van der Waals surface area contributed by atoms with E-state index in [0.29, 0.717) is 11.4 Å². The minimum atomic E-state index is -4.44. The second kappa shape index (κ2) is 5.51. The minimum absolute atomic E-state index is 0.0247. The number of hydrogen-bond donors (Lipinski definition) is 1. The van der Waals surface area contributed by atoms with Crippen LogP contribution in [-0.4, -0.2) is 4.98 Å².